The number of amides is 1. The number of aryl methyl sites for hydroxylation is 1. The zero-order valence-electron chi connectivity index (χ0n) is 14.1. The topological polar surface area (TPSA) is 56.8 Å². The highest BCUT2D eigenvalue weighted by atomic mass is 16.5. The summed E-state index contributed by atoms with van der Waals surface area (Å²) in [5.74, 6) is 2.12. The third kappa shape index (κ3) is 5.83. The van der Waals surface area contributed by atoms with Gasteiger partial charge in [-0.15, -0.1) is 0 Å². The zero-order valence-corrected chi connectivity index (χ0v) is 14.1. The first-order valence-electron chi connectivity index (χ1n) is 7.88. The average molecular weight is 329 g/mol. The first-order valence-corrected chi connectivity index (χ1v) is 7.88. The van der Waals surface area contributed by atoms with E-state index in [0.29, 0.717) is 12.3 Å². The van der Waals surface area contributed by atoms with E-state index in [1.165, 1.54) is 5.56 Å². The maximum absolute atomic E-state index is 11.8. The molecule has 0 bridgehead atoms. The van der Waals surface area contributed by atoms with E-state index in [0.717, 1.165) is 24.3 Å². The van der Waals surface area contributed by atoms with Crippen molar-refractivity contribution in [1.82, 2.24) is 5.32 Å². The van der Waals surface area contributed by atoms with Gasteiger partial charge in [-0.05, 0) is 54.8 Å². The van der Waals surface area contributed by atoms with Gasteiger partial charge in [0.2, 0.25) is 0 Å². The fourth-order valence-corrected chi connectivity index (χ4v) is 2.18. The van der Waals surface area contributed by atoms with Crippen LogP contribution in [-0.2, 0) is 11.2 Å². The number of carbonyl (C=O) groups excluding carboxylic acids is 1. The number of ether oxygens (including phenoxy) is 3. The van der Waals surface area contributed by atoms with Crippen LogP contribution in [0.3, 0.4) is 0 Å². The standard InChI is InChI=1S/C19H23NO4/c1-22-16-7-5-15(6-8-16)4-3-13-20-19(21)14-24-18-11-9-17(23-2)10-12-18/h5-12H,3-4,13-14H2,1-2H3,(H,20,21). The van der Waals surface area contributed by atoms with Crippen molar-refractivity contribution in [1.29, 1.82) is 0 Å². The Balaban J connectivity index is 1.62. The number of methoxy groups -OCH3 is 2. The van der Waals surface area contributed by atoms with Crippen LogP contribution in [0.5, 0.6) is 17.2 Å². The number of rotatable bonds is 9. The first-order chi connectivity index (χ1) is 11.7. The van der Waals surface area contributed by atoms with Gasteiger partial charge in [-0.3, -0.25) is 4.79 Å². The van der Waals surface area contributed by atoms with E-state index in [1.54, 1.807) is 38.5 Å². The maximum Gasteiger partial charge on any atom is 0.257 e. The van der Waals surface area contributed by atoms with Gasteiger partial charge in [0.25, 0.3) is 5.91 Å². The summed E-state index contributed by atoms with van der Waals surface area (Å²) >= 11 is 0. The van der Waals surface area contributed by atoms with E-state index >= 15 is 0 Å². The molecule has 0 radical (unpaired) electrons. The summed E-state index contributed by atoms with van der Waals surface area (Å²) < 4.78 is 15.6. The second kappa shape index (κ2) is 9.45. The highest BCUT2D eigenvalue weighted by molar-refractivity contribution is 5.77. The molecule has 0 spiro atoms. The van der Waals surface area contributed by atoms with Crippen LogP contribution < -0.4 is 19.5 Å². The lowest BCUT2D eigenvalue weighted by molar-refractivity contribution is -0.123. The van der Waals surface area contributed by atoms with Crippen LogP contribution in [0, 0.1) is 0 Å². The van der Waals surface area contributed by atoms with E-state index in [2.05, 4.69) is 5.32 Å². The van der Waals surface area contributed by atoms with Gasteiger partial charge in [-0.25, -0.2) is 0 Å². The Bertz CT molecular complexity index is 623. The van der Waals surface area contributed by atoms with Crippen molar-refractivity contribution in [3.8, 4) is 17.2 Å². The maximum atomic E-state index is 11.8. The van der Waals surface area contributed by atoms with E-state index in [9.17, 15) is 4.79 Å². The summed E-state index contributed by atoms with van der Waals surface area (Å²) in [6.07, 6.45) is 1.78. The van der Waals surface area contributed by atoms with Crippen molar-refractivity contribution < 1.29 is 19.0 Å². The summed E-state index contributed by atoms with van der Waals surface area (Å²) in [6, 6.07) is 15.1. The Morgan fingerprint density at radius 3 is 2.00 bits per heavy atom. The molecule has 128 valence electrons. The van der Waals surface area contributed by atoms with Crippen LogP contribution in [0.25, 0.3) is 0 Å². The summed E-state index contributed by atoms with van der Waals surface area (Å²) in [5, 5.41) is 2.85. The van der Waals surface area contributed by atoms with Gasteiger partial charge in [0, 0.05) is 6.54 Å². The molecule has 0 heterocycles. The van der Waals surface area contributed by atoms with Gasteiger partial charge < -0.3 is 19.5 Å². The van der Waals surface area contributed by atoms with Gasteiger partial charge in [-0.2, -0.15) is 0 Å². The third-order valence-electron chi connectivity index (χ3n) is 3.55. The molecular weight excluding hydrogens is 306 g/mol. The molecule has 0 unspecified atom stereocenters. The minimum Gasteiger partial charge on any atom is -0.497 e. The molecule has 0 aromatic heterocycles. The van der Waals surface area contributed by atoms with Gasteiger partial charge >= 0.3 is 0 Å². The lowest BCUT2D eigenvalue weighted by atomic mass is 10.1. The Hall–Kier alpha value is -2.69. The molecule has 5 nitrogen and oxygen atoms in total. The quantitative estimate of drug-likeness (QED) is 0.719. The molecule has 0 aliphatic heterocycles. The Morgan fingerprint density at radius 2 is 1.42 bits per heavy atom. The molecule has 2 aromatic rings. The minimum absolute atomic E-state index is 0.00879. The summed E-state index contributed by atoms with van der Waals surface area (Å²) in [7, 11) is 3.26. The molecule has 0 atom stereocenters. The number of carbonyl (C=O) groups is 1. The van der Waals surface area contributed by atoms with Gasteiger partial charge in [-0.1, -0.05) is 12.1 Å². The largest absolute Gasteiger partial charge is 0.497 e. The molecule has 1 amide bonds. The molecular formula is C19H23NO4. The lowest BCUT2D eigenvalue weighted by Crippen LogP contribution is -2.29. The van der Waals surface area contributed by atoms with E-state index < -0.39 is 0 Å². The molecule has 0 aliphatic carbocycles. The fourth-order valence-electron chi connectivity index (χ4n) is 2.18. The van der Waals surface area contributed by atoms with Crippen LogP contribution in [-0.4, -0.2) is 33.3 Å². The Morgan fingerprint density at radius 1 is 0.875 bits per heavy atom. The molecule has 5 heteroatoms. The molecule has 24 heavy (non-hydrogen) atoms. The highest BCUT2D eigenvalue weighted by Crippen LogP contribution is 2.16. The molecule has 2 rings (SSSR count). The van der Waals surface area contributed by atoms with Crippen LogP contribution in [0.4, 0.5) is 0 Å². The van der Waals surface area contributed by atoms with Crippen molar-refractivity contribution in [2.45, 2.75) is 12.8 Å². The molecule has 0 saturated carbocycles. The van der Waals surface area contributed by atoms with Crippen LogP contribution >= 0.6 is 0 Å². The van der Waals surface area contributed by atoms with E-state index in [4.69, 9.17) is 14.2 Å². The van der Waals surface area contributed by atoms with E-state index in [-0.39, 0.29) is 12.5 Å². The van der Waals surface area contributed by atoms with Crippen LogP contribution in [0.2, 0.25) is 0 Å². The summed E-state index contributed by atoms with van der Waals surface area (Å²) in [6.45, 7) is 0.631. The normalized spacial score (nSPS) is 10.1. The van der Waals surface area contributed by atoms with E-state index in [1.807, 2.05) is 24.3 Å². The molecule has 0 saturated heterocycles. The zero-order chi connectivity index (χ0) is 17.2. The number of hydrogen-bond acceptors (Lipinski definition) is 4. The predicted molar refractivity (Wildman–Crippen MR) is 92.8 cm³/mol. The molecule has 2 aromatic carbocycles. The van der Waals surface area contributed by atoms with Crippen molar-refractivity contribution in [3.05, 3.63) is 54.1 Å². The highest BCUT2D eigenvalue weighted by Gasteiger charge is 2.03. The monoisotopic (exact) mass is 329 g/mol. The predicted octanol–water partition coefficient (Wildman–Crippen LogP) is 2.83. The summed E-state index contributed by atoms with van der Waals surface area (Å²) in [4.78, 5) is 11.8. The van der Waals surface area contributed by atoms with Gasteiger partial charge in [0.15, 0.2) is 6.61 Å². The van der Waals surface area contributed by atoms with Crippen molar-refractivity contribution in [3.63, 3.8) is 0 Å². The fraction of sp³-hybridized carbons (Fsp3) is 0.316. The Kier molecular flexibility index (Phi) is 6.95. The van der Waals surface area contributed by atoms with Gasteiger partial charge in [0.05, 0.1) is 14.2 Å². The molecule has 1 N–H and O–H groups in total. The second-order valence-electron chi connectivity index (χ2n) is 5.27. The number of nitrogens with one attached hydrogen (secondary N) is 1. The third-order valence-corrected chi connectivity index (χ3v) is 3.55. The summed E-state index contributed by atoms with van der Waals surface area (Å²) in [5.41, 5.74) is 1.22. The van der Waals surface area contributed by atoms with Crippen molar-refractivity contribution >= 4 is 5.91 Å². The average Bonchev–Trinajstić information content (AvgIpc) is 2.64. The Labute approximate surface area is 142 Å². The van der Waals surface area contributed by atoms with Crippen molar-refractivity contribution in [2.24, 2.45) is 0 Å². The van der Waals surface area contributed by atoms with Crippen LogP contribution in [0.1, 0.15) is 12.0 Å². The van der Waals surface area contributed by atoms with Crippen LogP contribution in [0.15, 0.2) is 48.5 Å². The lowest BCUT2D eigenvalue weighted by Gasteiger charge is -2.08. The second-order valence-corrected chi connectivity index (χ2v) is 5.27. The van der Waals surface area contributed by atoms with Gasteiger partial charge in [0.1, 0.15) is 17.2 Å². The number of benzene rings is 2. The first kappa shape index (κ1) is 17.7. The minimum atomic E-state index is -0.124. The SMILES string of the molecule is COc1ccc(CCCNC(=O)COc2ccc(OC)cc2)cc1. The molecule has 0 aliphatic rings. The molecule has 0 fully saturated rings. The smallest absolute Gasteiger partial charge is 0.257 e. The van der Waals surface area contributed by atoms with Crippen molar-refractivity contribution in [2.75, 3.05) is 27.4 Å². The number of hydrogen-bond donors (Lipinski definition) is 1.